The number of rotatable bonds is 1. The van der Waals surface area contributed by atoms with Gasteiger partial charge in [0.2, 0.25) is 0 Å². The predicted molar refractivity (Wildman–Crippen MR) is 69.8 cm³/mol. The average Bonchev–Trinajstić information content (AvgIpc) is 3.14. The van der Waals surface area contributed by atoms with Crippen LogP contribution in [0.25, 0.3) is 0 Å². The Bertz CT molecular complexity index is 241. The van der Waals surface area contributed by atoms with Gasteiger partial charge in [-0.3, -0.25) is 0 Å². The Balaban J connectivity index is 0.000000104. The molecule has 0 N–H and O–H groups in total. The van der Waals surface area contributed by atoms with Crippen LogP contribution in [0.4, 0.5) is 0 Å². The van der Waals surface area contributed by atoms with E-state index in [1.807, 2.05) is 0 Å². The topological polar surface area (TPSA) is 12.5 Å². The van der Waals surface area contributed by atoms with Crippen LogP contribution in [0.5, 0.6) is 0 Å². The molecule has 5 atom stereocenters. The number of hydrogen-bond donors (Lipinski definition) is 0. The van der Waals surface area contributed by atoms with Gasteiger partial charge in [0.1, 0.15) is 0 Å². The molecular weight excluding hydrogens is 216 g/mol. The highest BCUT2D eigenvalue weighted by Gasteiger charge is 2.45. The highest BCUT2D eigenvalue weighted by atomic mass is 32.2. The summed E-state index contributed by atoms with van der Waals surface area (Å²) in [6, 6.07) is 0. The molecule has 0 spiro atoms. The maximum atomic E-state index is 5.24. The lowest BCUT2D eigenvalue weighted by Gasteiger charge is -2.02. The Morgan fingerprint density at radius 3 is 2.00 bits per heavy atom. The monoisotopic (exact) mass is 240 g/mol. The van der Waals surface area contributed by atoms with Gasteiger partial charge in [0.05, 0.1) is 12.7 Å². The van der Waals surface area contributed by atoms with Crippen molar-refractivity contribution >= 4 is 11.8 Å². The third-order valence-corrected chi connectivity index (χ3v) is 6.00. The number of ether oxygens (including phenoxy) is 1. The third-order valence-electron chi connectivity index (χ3n) is 4.58. The van der Waals surface area contributed by atoms with Crippen molar-refractivity contribution in [3.8, 4) is 0 Å². The number of thioether (sulfide) groups is 1. The zero-order chi connectivity index (χ0) is 11.1. The molecule has 16 heavy (non-hydrogen) atoms. The van der Waals surface area contributed by atoms with Crippen molar-refractivity contribution in [2.24, 2.45) is 17.8 Å². The molecule has 0 aromatic rings. The van der Waals surface area contributed by atoms with Crippen molar-refractivity contribution in [1.29, 1.82) is 0 Å². The van der Waals surface area contributed by atoms with Crippen molar-refractivity contribution in [3.05, 3.63) is 0 Å². The fourth-order valence-electron chi connectivity index (χ4n) is 3.40. The van der Waals surface area contributed by atoms with E-state index in [9.17, 15) is 0 Å². The summed E-state index contributed by atoms with van der Waals surface area (Å²) in [6.07, 6.45) is 7.97. The first-order chi connectivity index (χ1) is 7.72. The SMILES string of the molecule is CC1CC2SC2C1.CC1CCC(C2CO2)C1. The van der Waals surface area contributed by atoms with E-state index < -0.39 is 0 Å². The molecule has 4 rings (SSSR count). The molecule has 5 unspecified atom stereocenters. The zero-order valence-corrected chi connectivity index (χ0v) is 11.3. The number of fused-ring (bicyclic) bond motifs is 1. The van der Waals surface area contributed by atoms with Crippen molar-refractivity contribution in [2.75, 3.05) is 6.61 Å². The van der Waals surface area contributed by atoms with Gasteiger partial charge in [-0.05, 0) is 43.4 Å². The minimum Gasteiger partial charge on any atom is -0.373 e. The smallest absolute Gasteiger partial charge is 0.0838 e. The first-order valence-electron chi connectivity index (χ1n) is 6.99. The largest absolute Gasteiger partial charge is 0.373 e. The standard InChI is InChI=1S/C8H14O.C6H10S/c1-6-2-3-7(4-6)8-5-9-8;1-4-2-5-6(3-4)7-5/h6-8H,2-5H2,1H3;4-6H,2-3H2,1H3. The van der Waals surface area contributed by atoms with Crippen LogP contribution in [0.1, 0.15) is 46.0 Å². The zero-order valence-electron chi connectivity index (χ0n) is 10.5. The maximum absolute atomic E-state index is 5.24. The molecule has 2 saturated heterocycles. The second-order valence-corrected chi connectivity index (χ2v) is 7.82. The Kier molecular flexibility index (Phi) is 3.23. The summed E-state index contributed by atoms with van der Waals surface area (Å²) in [5, 5.41) is 2.21. The van der Waals surface area contributed by atoms with Crippen LogP contribution in [0.3, 0.4) is 0 Å². The Labute approximate surface area is 104 Å². The number of epoxide rings is 1. The van der Waals surface area contributed by atoms with E-state index in [1.54, 1.807) is 0 Å². The van der Waals surface area contributed by atoms with Gasteiger partial charge in [0.15, 0.2) is 0 Å². The summed E-state index contributed by atoms with van der Waals surface area (Å²) in [5.41, 5.74) is 0. The van der Waals surface area contributed by atoms with E-state index in [0.717, 1.165) is 34.9 Å². The van der Waals surface area contributed by atoms with Gasteiger partial charge in [0.25, 0.3) is 0 Å². The van der Waals surface area contributed by atoms with E-state index in [1.165, 1.54) is 32.1 Å². The van der Waals surface area contributed by atoms with E-state index in [2.05, 4.69) is 25.6 Å². The van der Waals surface area contributed by atoms with Gasteiger partial charge in [-0.2, -0.15) is 11.8 Å². The van der Waals surface area contributed by atoms with Gasteiger partial charge in [-0.1, -0.05) is 20.3 Å². The van der Waals surface area contributed by atoms with Crippen molar-refractivity contribution in [1.82, 2.24) is 0 Å². The molecule has 2 aliphatic heterocycles. The summed E-state index contributed by atoms with van der Waals surface area (Å²) < 4.78 is 5.24. The Morgan fingerprint density at radius 2 is 1.62 bits per heavy atom. The highest BCUT2D eigenvalue weighted by molar-refractivity contribution is 8.07. The Morgan fingerprint density at radius 1 is 0.938 bits per heavy atom. The molecule has 0 aromatic carbocycles. The average molecular weight is 240 g/mol. The highest BCUT2D eigenvalue weighted by Crippen LogP contribution is 2.54. The molecule has 2 saturated carbocycles. The molecule has 1 nitrogen and oxygen atoms in total. The minimum absolute atomic E-state index is 0.676. The second kappa shape index (κ2) is 4.53. The predicted octanol–water partition coefficient (Wildman–Crippen LogP) is 3.72. The second-order valence-electron chi connectivity index (χ2n) is 6.34. The minimum atomic E-state index is 0.676. The molecule has 0 bridgehead atoms. The van der Waals surface area contributed by atoms with E-state index in [0.29, 0.717) is 6.10 Å². The summed E-state index contributed by atoms with van der Waals surface area (Å²) in [6.45, 7) is 5.77. The van der Waals surface area contributed by atoms with Crippen LogP contribution in [-0.2, 0) is 4.74 Å². The van der Waals surface area contributed by atoms with Crippen LogP contribution < -0.4 is 0 Å². The lowest BCUT2D eigenvalue weighted by atomic mass is 10.0. The van der Waals surface area contributed by atoms with Crippen LogP contribution >= 0.6 is 11.8 Å². The lowest BCUT2D eigenvalue weighted by Crippen LogP contribution is -2.02. The van der Waals surface area contributed by atoms with Crippen LogP contribution in [0.2, 0.25) is 0 Å². The lowest BCUT2D eigenvalue weighted by molar-refractivity contribution is 0.327. The van der Waals surface area contributed by atoms with E-state index >= 15 is 0 Å². The fraction of sp³-hybridized carbons (Fsp3) is 1.00. The third kappa shape index (κ3) is 2.76. The quantitative estimate of drug-likeness (QED) is 0.648. The maximum Gasteiger partial charge on any atom is 0.0838 e. The number of hydrogen-bond acceptors (Lipinski definition) is 2. The van der Waals surface area contributed by atoms with Crippen LogP contribution in [0.15, 0.2) is 0 Å². The van der Waals surface area contributed by atoms with Gasteiger partial charge in [0, 0.05) is 10.5 Å². The molecule has 0 aromatic heterocycles. The van der Waals surface area contributed by atoms with Gasteiger partial charge >= 0.3 is 0 Å². The Hall–Kier alpha value is 0.310. The van der Waals surface area contributed by atoms with Crippen molar-refractivity contribution < 1.29 is 4.74 Å². The summed E-state index contributed by atoms with van der Waals surface area (Å²) in [7, 11) is 0. The van der Waals surface area contributed by atoms with Gasteiger partial charge in [-0.25, -0.2) is 0 Å². The van der Waals surface area contributed by atoms with E-state index in [4.69, 9.17) is 4.74 Å². The molecule has 0 radical (unpaired) electrons. The van der Waals surface area contributed by atoms with Gasteiger partial charge in [-0.15, -0.1) is 0 Å². The van der Waals surface area contributed by atoms with Crippen molar-refractivity contribution in [2.45, 2.75) is 62.6 Å². The molecule has 2 heterocycles. The molecule has 92 valence electrons. The fourth-order valence-corrected chi connectivity index (χ4v) is 4.86. The molecular formula is C14H24OS. The first-order valence-corrected chi connectivity index (χ1v) is 7.93. The van der Waals surface area contributed by atoms with Crippen molar-refractivity contribution in [3.63, 3.8) is 0 Å². The van der Waals surface area contributed by atoms with Gasteiger partial charge < -0.3 is 4.74 Å². The summed E-state index contributed by atoms with van der Waals surface area (Å²) in [4.78, 5) is 0. The first kappa shape index (κ1) is 11.4. The molecule has 0 amide bonds. The molecule has 4 aliphatic rings. The summed E-state index contributed by atoms with van der Waals surface area (Å²) >= 11 is 2.18. The normalized spacial score (nSPS) is 52.9. The summed E-state index contributed by atoms with van der Waals surface area (Å²) in [5.74, 6) is 2.95. The molecule has 2 aliphatic carbocycles. The molecule has 4 fully saturated rings. The van der Waals surface area contributed by atoms with Crippen LogP contribution in [-0.4, -0.2) is 23.2 Å². The molecule has 2 heteroatoms. The van der Waals surface area contributed by atoms with E-state index in [-0.39, 0.29) is 0 Å². The van der Waals surface area contributed by atoms with Crippen LogP contribution in [0, 0.1) is 17.8 Å².